The summed E-state index contributed by atoms with van der Waals surface area (Å²) in [6, 6.07) is 18.2. The minimum atomic E-state index is -4.06. The van der Waals surface area contributed by atoms with Crippen LogP contribution in [-0.2, 0) is 34.4 Å². The number of hydrogen-bond donors (Lipinski definition) is 2. The van der Waals surface area contributed by atoms with Crippen molar-refractivity contribution in [1.29, 1.82) is 0 Å². The molecule has 5 rings (SSSR count). The summed E-state index contributed by atoms with van der Waals surface area (Å²) >= 11 is 0. The van der Waals surface area contributed by atoms with E-state index >= 15 is 0 Å². The number of amides is 1. The molecule has 0 spiro atoms. The van der Waals surface area contributed by atoms with Gasteiger partial charge in [0.2, 0.25) is 10.0 Å². The van der Waals surface area contributed by atoms with Gasteiger partial charge >= 0.3 is 0 Å². The number of hydrogen-bond acceptors (Lipinski definition) is 7. The maximum Gasteiger partial charge on any atom is 0.262 e. The Morgan fingerprint density at radius 2 is 1.92 bits per heavy atom. The van der Waals surface area contributed by atoms with E-state index in [9.17, 15) is 18.4 Å². The number of sulfonamides is 1. The molecule has 1 aliphatic heterocycles. The van der Waals surface area contributed by atoms with Gasteiger partial charge in [-0.15, -0.1) is 0 Å². The van der Waals surface area contributed by atoms with E-state index in [-0.39, 0.29) is 17.9 Å². The summed E-state index contributed by atoms with van der Waals surface area (Å²) in [6.45, 7) is 2.19. The number of hydroxylamine groups is 1. The van der Waals surface area contributed by atoms with Crippen molar-refractivity contribution in [2.24, 2.45) is 0 Å². The minimum Gasteiger partial charge on any atom is -0.489 e. The van der Waals surface area contributed by atoms with Gasteiger partial charge in [0.25, 0.3) is 5.91 Å². The van der Waals surface area contributed by atoms with Crippen molar-refractivity contribution in [3.63, 3.8) is 0 Å². The lowest BCUT2D eigenvalue weighted by molar-refractivity contribution is -0.133. The molecule has 0 radical (unpaired) electrons. The number of pyridine rings is 2. The highest BCUT2D eigenvalue weighted by molar-refractivity contribution is 7.89. The zero-order valence-corrected chi connectivity index (χ0v) is 20.3. The lowest BCUT2D eigenvalue weighted by Crippen LogP contribution is -2.52. The van der Waals surface area contributed by atoms with E-state index in [1.165, 1.54) is 12.1 Å². The van der Waals surface area contributed by atoms with Gasteiger partial charge < -0.3 is 4.74 Å². The quantitative estimate of drug-likeness (QED) is 0.306. The second-order valence-corrected chi connectivity index (χ2v) is 10.4. The molecule has 0 bridgehead atoms. The third-order valence-corrected chi connectivity index (χ3v) is 8.08. The second kappa shape index (κ2) is 9.65. The van der Waals surface area contributed by atoms with Crippen molar-refractivity contribution in [2.45, 2.75) is 37.4 Å². The molecule has 1 aliphatic rings. The van der Waals surface area contributed by atoms with Crippen LogP contribution >= 0.6 is 0 Å². The molecule has 9 nitrogen and oxygen atoms in total. The molecule has 0 fully saturated rings. The number of para-hydroxylation sites is 1. The average Bonchev–Trinajstić information content (AvgIpc) is 2.90. The second-order valence-electron chi connectivity index (χ2n) is 8.56. The zero-order valence-electron chi connectivity index (χ0n) is 19.5. The monoisotopic (exact) mass is 504 g/mol. The molecule has 36 heavy (non-hydrogen) atoms. The fourth-order valence-electron chi connectivity index (χ4n) is 4.43. The van der Waals surface area contributed by atoms with Crippen LogP contribution in [0.2, 0.25) is 0 Å². The van der Waals surface area contributed by atoms with Gasteiger partial charge in [0, 0.05) is 41.5 Å². The molecule has 3 heterocycles. The molecule has 2 aromatic heterocycles. The molecule has 1 atom stereocenters. The van der Waals surface area contributed by atoms with Gasteiger partial charge in [0.1, 0.15) is 18.4 Å². The van der Waals surface area contributed by atoms with Crippen molar-refractivity contribution in [3.05, 3.63) is 95.4 Å². The summed E-state index contributed by atoms with van der Waals surface area (Å²) in [5.41, 5.74) is 5.67. The van der Waals surface area contributed by atoms with E-state index in [1.54, 1.807) is 35.9 Å². The molecule has 2 aromatic carbocycles. The molecule has 0 saturated heterocycles. The van der Waals surface area contributed by atoms with E-state index in [2.05, 4.69) is 9.97 Å². The van der Waals surface area contributed by atoms with Crippen LogP contribution in [0.4, 0.5) is 0 Å². The van der Waals surface area contributed by atoms with E-state index in [0.717, 1.165) is 26.5 Å². The Morgan fingerprint density at radius 1 is 1.14 bits per heavy atom. The molecular formula is C26H24N4O5S. The van der Waals surface area contributed by atoms with Crippen LogP contribution in [0.25, 0.3) is 10.9 Å². The summed E-state index contributed by atoms with van der Waals surface area (Å²) < 4.78 is 34.0. The molecule has 10 heteroatoms. The molecule has 184 valence electrons. The van der Waals surface area contributed by atoms with Crippen molar-refractivity contribution in [1.82, 2.24) is 19.8 Å². The highest BCUT2D eigenvalue weighted by Crippen LogP contribution is 2.29. The lowest BCUT2D eigenvalue weighted by atomic mass is 10.0. The van der Waals surface area contributed by atoms with E-state index in [1.807, 2.05) is 37.3 Å². The fourth-order valence-corrected chi connectivity index (χ4v) is 6.00. The molecule has 4 aromatic rings. The highest BCUT2D eigenvalue weighted by Gasteiger charge is 2.40. The first kappa shape index (κ1) is 23.9. The smallest absolute Gasteiger partial charge is 0.262 e. The average molecular weight is 505 g/mol. The SMILES string of the molecule is Cc1cc(COc2ccc(S(=O)(=O)N3Cc4cccnc4CC3C(=O)NO)cc2)c2ccccc2n1. The number of fused-ring (bicyclic) bond motifs is 2. The van der Waals surface area contributed by atoms with Crippen molar-refractivity contribution >= 4 is 26.8 Å². The number of rotatable bonds is 6. The van der Waals surface area contributed by atoms with Crippen LogP contribution in [0.15, 0.2) is 77.8 Å². The van der Waals surface area contributed by atoms with Crippen LogP contribution in [0.1, 0.15) is 22.5 Å². The standard InChI is InChI=1S/C26H24N4O5S/c1-17-13-19(22-6-2-3-7-23(22)28-17)16-35-20-8-10-21(11-9-20)36(33,34)30-15-18-5-4-12-27-24(18)14-25(30)26(31)29-32/h2-13,25,32H,14-16H2,1H3,(H,29,31). The van der Waals surface area contributed by atoms with Crippen LogP contribution in [0, 0.1) is 6.92 Å². The van der Waals surface area contributed by atoms with E-state index < -0.39 is 22.0 Å². The number of aromatic nitrogens is 2. The van der Waals surface area contributed by atoms with Gasteiger partial charge in [-0.2, -0.15) is 4.31 Å². The zero-order chi connectivity index (χ0) is 25.3. The molecule has 0 aliphatic carbocycles. The fraction of sp³-hybridized carbons (Fsp3) is 0.192. The molecular weight excluding hydrogens is 480 g/mol. The Hall–Kier alpha value is -3.86. The Labute approximate surface area is 208 Å². The first-order chi connectivity index (χ1) is 17.4. The Kier molecular flexibility index (Phi) is 6.40. The largest absolute Gasteiger partial charge is 0.489 e. The van der Waals surface area contributed by atoms with Gasteiger partial charge in [-0.25, -0.2) is 13.9 Å². The third-order valence-electron chi connectivity index (χ3n) is 6.21. The number of carbonyl (C=O) groups excluding carboxylic acids is 1. The van der Waals surface area contributed by atoms with Gasteiger partial charge in [0.15, 0.2) is 0 Å². The van der Waals surface area contributed by atoms with E-state index in [0.29, 0.717) is 23.6 Å². The van der Waals surface area contributed by atoms with Crippen LogP contribution in [-0.4, -0.2) is 39.8 Å². The minimum absolute atomic E-state index is 0.0168. The van der Waals surface area contributed by atoms with Crippen molar-refractivity contribution in [3.8, 4) is 5.75 Å². The number of aryl methyl sites for hydroxylation is 1. The summed E-state index contributed by atoms with van der Waals surface area (Å²) in [6.07, 6.45) is 1.65. The maximum atomic E-state index is 13.5. The summed E-state index contributed by atoms with van der Waals surface area (Å²) in [5, 5.41) is 10.2. The molecule has 2 N–H and O–H groups in total. The topological polar surface area (TPSA) is 122 Å². The lowest BCUT2D eigenvalue weighted by Gasteiger charge is -2.33. The van der Waals surface area contributed by atoms with Crippen molar-refractivity contribution < 1.29 is 23.2 Å². The van der Waals surface area contributed by atoms with Gasteiger partial charge in [-0.05, 0) is 55.0 Å². The predicted octanol–water partition coefficient (Wildman–Crippen LogP) is 3.14. The number of carbonyl (C=O) groups is 1. The number of nitrogens with zero attached hydrogens (tertiary/aromatic N) is 3. The van der Waals surface area contributed by atoms with Crippen LogP contribution in [0.5, 0.6) is 5.75 Å². The molecule has 1 unspecified atom stereocenters. The number of ether oxygens (including phenoxy) is 1. The number of nitrogens with one attached hydrogen (secondary N) is 1. The summed E-state index contributed by atoms with van der Waals surface area (Å²) in [7, 11) is -4.06. The summed E-state index contributed by atoms with van der Waals surface area (Å²) in [4.78, 5) is 21.1. The van der Waals surface area contributed by atoms with Crippen LogP contribution in [0.3, 0.4) is 0 Å². The van der Waals surface area contributed by atoms with Crippen LogP contribution < -0.4 is 10.2 Å². The van der Waals surface area contributed by atoms with Crippen molar-refractivity contribution in [2.75, 3.05) is 0 Å². The first-order valence-electron chi connectivity index (χ1n) is 11.3. The van der Waals surface area contributed by atoms with Gasteiger partial charge in [0.05, 0.1) is 10.4 Å². The highest BCUT2D eigenvalue weighted by atomic mass is 32.2. The predicted molar refractivity (Wildman–Crippen MR) is 132 cm³/mol. The van der Waals surface area contributed by atoms with E-state index in [4.69, 9.17) is 4.74 Å². The third kappa shape index (κ3) is 4.53. The number of benzene rings is 2. The maximum absolute atomic E-state index is 13.5. The molecule has 1 amide bonds. The van der Waals surface area contributed by atoms with Gasteiger partial charge in [-0.3, -0.25) is 20.0 Å². The Bertz CT molecular complexity index is 1540. The van der Waals surface area contributed by atoms with Gasteiger partial charge in [-0.1, -0.05) is 24.3 Å². The first-order valence-corrected chi connectivity index (χ1v) is 12.8. The summed E-state index contributed by atoms with van der Waals surface area (Å²) in [5.74, 6) is -0.306. The Balaban J connectivity index is 1.38. The molecule has 0 saturated carbocycles. The normalized spacial score (nSPS) is 15.9. The Morgan fingerprint density at radius 3 is 2.69 bits per heavy atom.